The van der Waals surface area contributed by atoms with E-state index >= 15 is 0 Å². The number of rotatable bonds is 6. The highest BCUT2D eigenvalue weighted by atomic mass is 32.1. The van der Waals surface area contributed by atoms with Gasteiger partial charge in [-0.05, 0) is 52.9 Å². The summed E-state index contributed by atoms with van der Waals surface area (Å²) in [6.45, 7) is 0. The van der Waals surface area contributed by atoms with Crippen molar-refractivity contribution in [3.8, 4) is 21.9 Å². The van der Waals surface area contributed by atoms with Gasteiger partial charge in [0, 0.05) is 11.0 Å². The predicted molar refractivity (Wildman–Crippen MR) is 111 cm³/mol. The lowest BCUT2D eigenvalue weighted by Gasteiger charge is -2.09. The van der Waals surface area contributed by atoms with Crippen LogP contribution >= 0.6 is 11.3 Å². The third-order valence-electron chi connectivity index (χ3n) is 3.95. The second kappa shape index (κ2) is 8.42. The Bertz CT molecular complexity index is 966. The molecule has 1 aromatic heterocycles. The van der Waals surface area contributed by atoms with E-state index in [1.54, 1.807) is 49.8 Å². The van der Waals surface area contributed by atoms with E-state index in [1.165, 1.54) is 6.08 Å². The first-order valence-corrected chi connectivity index (χ1v) is 9.13. The Morgan fingerprint density at radius 2 is 1.89 bits per heavy atom. The summed E-state index contributed by atoms with van der Waals surface area (Å²) < 4.78 is 10.5. The Balaban J connectivity index is 1.74. The van der Waals surface area contributed by atoms with Crippen molar-refractivity contribution < 1.29 is 14.3 Å². The zero-order chi connectivity index (χ0) is 19.2. The number of thiophene rings is 1. The standard InChI is InChI=1S/C21H20N2O3S/c1-25-18-9-5-14(12-19(18)26-2)6-10-21(24)23-17-13-15(7-8-16(17)22)20-4-3-11-27-20/h3-13H,22H2,1-2H3,(H,23,24). The molecule has 3 rings (SSSR count). The lowest BCUT2D eigenvalue weighted by atomic mass is 10.1. The second-order valence-corrected chi connectivity index (χ2v) is 6.66. The van der Waals surface area contributed by atoms with Crippen LogP contribution in [0.4, 0.5) is 11.4 Å². The minimum absolute atomic E-state index is 0.264. The predicted octanol–water partition coefficient (Wildman–Crippen LogP) is 4.67. The molecule has 6 heteroatoms. The molecule has 3 N–H and O–H groups in total. The van der Waals surface area contributed by atoms with E-state index < -0.39 is 0 Å². The molecule has 0 atom stereocenters. The van der Waals surface area contributed by atoms with E-state index in [-0.39, 0.29) is 5.91 Å². The fourth-order valence-corrected chi connectivity index (χ4v) is 3.29. The molecule has 27 heavy (non-hydrogen) atoms. The van der Waals surface area contributed by atoms with E-state index in [4.69, 9.17) is 15.2 Å². The maximum absolute atomic E-state index is 12.3. The van der Waals surface area contributed by atoms with Gasteiger partial charge in [-0.25, -0.2) is 0 Å². The van der Waals surface area contributed by atoms with E-state index in [9.17, 15) is 4.79 Å². The fourth-order valence-electron chi connectivity index (χ4n) is 2.56. The summed E-state index contributed by atoms with van der Waals surface area (Å²) in [6.07, 6.45) is 3.16. The summed E-state index contributed by atoms with van der Waals surface area (Å²) in [5, 5.41) is 4.84. The SMILES string of the molecule is COc1ccc(C=CC(=O)Nc2cc(-c3cccs3)ccc2N)cc1OC. The topological polar surface area (TPSA) is 73.6 Å². The van der Waals surface area contributed by atoms with E-state index in [1.807, 2.05) is 35.7 Å². The van der Waals surface area contributed by atoms with Gasteiger partial charge in [0.05, 0.1) is 25.6 Å². The molecule has 0 saturated carbocycles. The lowest BCUT2D eigenvalue weighted by molar-refractivity contribution is -0.111. The average Bonchev–Trinajstić information content (AvgIpc) is 3.22. The van der Waals surface area contributed by atoms with E-state index in [0.29, 0.717) is 22.9 Å². The molecular formula is C21H20N2O3S. The summed E-state index contributed by atoms with van der Waals surface area (Å²) in [7, 11) is 3.15. The van der Waals surface area contributed by atoms with Gasteiger partial charge in [0.1, 0.15) is 0 Å². The van der Waals surface area contributed by atoms with Gasteiger partial charge in [-0.1, -0.05) is 18.2 Å². The number of anilines is 2. The van der Waals surface area contributed by atoms with Crippen molar-refractivity contribution in [2.24, 2.45) is 0 Å². The zero-order valence-electron chi connectivity index (χ0n) is 15.1. The number of amides is 1. The van der Waals surface area contributed by atoms with Crippen molar-refractivity contribution in [3.05, 3.63) is 65.6 Å². The molecule has 2 aromatic carbocycles. The van der Waals surface area contributed by atoms with Gasteiger partial charge in [-0.3, -0.25) is 4.79 Å². The maximum Gasteiger partial charge on any atom is 0.248 e. The van der Waals surface area contributed by atoms with Crippen LogP contribution in [0.1, 0.15) is 5.56 Å². The van der Waals surface area contributed by atoms with Crippen LogP contribution in [0.5, 0.6) is 11.5 Å². The van der Waals surface area contributed by atoms with Crippen molar-refractivity contribution in [1.29, 1.82) is 0 Å². The van der Waals surface area contributed by atoms with Gasteiger partial charge in [0.2, 0.25) is 5.91 Å². The highest BCUT2D eigenvalue weighted by molar-refractivity contribution is 7.13. The highest BCUT2D eigenvalue weighted by Gasteiger charge is 2.07. The Morgan fingerprint density at radius 3 is 2.59 bits per heavy atom. The summed E-state index contributed by atoms with van der Waals surface area (Å²) in [4.78, 5) is 13.4. The molecule has 1 heterocycles. The number of ether oxygens (including phenoxy) is 2. The van der Waals surface area contributed by atoms with Crippen LogP contribution in [0.2, 0.25) is 0 Å². The van der Waals surface area contributed by atoms with Crippen LogP contribution in [0.15, 0.2) is 60.0 Å². The van der Waals surface area contributed by atoms with Crippen LogP contribution in [-0.4, -0.2) is 20.1 Å². The number of methoxy groups -OCH3 is 2. The molecule has 138 valence electrons. The largest absolute Gasteiger partial charge is 0.493 e. The number of carbonyl (C=O) groups excluding carboxylic acids is 1. The van der Waals surface area contributed by atoms with Gasteiger partial charge >= 0.3 is 0 Å². The molecule has 0 fully saturated rings. The first-order chi connectivity index (χ1) is 13.1. The number of nitrogens with two attached hydrogens (primary N) is 1. The lowest BCUT2D eigenvalue weighted by Crippen LogP contribution is -2.09. The minimum Gasteiger partial charge on any atom is -0.493 e. The first-order valence-electron chi connectivity index (χ1n) is 8.25. The van der Waals surface area contributed by atoms with Crippen LogP contribution in [-0.2, 0) is 4.79 Å². The molecule has 0 aliphatic heterocycles. The Labute approximate surface area is 162 Å². The van der Waals surface area contributed by atoms with Crippen molar-refractivity contribution >= 4 is 34.7 Å². The average molecular weight is 380 g/mol. The van der Waals surface area contributed by atoms with Gasteiger partial charge in [0.15, 0.2) is 11.5 Å². The molecule has 0 radical (unpaired) electrons. The molecule has 5 nitrogen and oxygen atoms in total. The molecule has 0 aliphatic carbocycles. The zero-order valence-corrected chi connectivity index (χ0v) is 15.9. The molecule has 0 saturated heterocycles. The molecule has 0 aliphatic rings. The minimum atomic E-state index is -0.264. The van der Waals surface area contributed by atoms with Crippen LogP contribution in [0, 0.1) is 0 Å². The second-order valence-electron chi connectivity index (χ2n) is 5.72. The van der Waals surface area contributed by atoms with Gasteiger partial charge in [-0.2, -0.15) is 0 Å². The molecule has 3 aromatic rings. The van der Waals surface area contributed by atoms with Gasteiger partial charge in [-0.15, -0.1) is 11.3 Å². The summed E-state index contributed by atoms with van der Waals surface area (Å²) in [5.41, 5.74) is 8.94. The number of nitrogen functional groups attached to an aromatic ring is 1. The third-order valence-corrected chi connectivity index (χ3v) is 4.87. The monoisotopic (exact) mass is 380 g/mol. The van der Waals surface area contributed by atoms with Gasteiger partial charge in [0.25, 0.3) is 0 Å². The van der Waals surface area contributed by atoms with Crippen molar-refractivity contribution in [2.45, 2.75) is 0 Å². The van der Waals surface area contributed by atoms with Gasteiger partial charge < -0.3 is 20.5 Å². The first kappa shape index (κ1) is 18.5. The normalized spacial score (nSPS) is 10.7. The molecule has 0 spiro atoms. The number of nitrogens with one attached hydrogen (secondary N) is 1. The summed E-state index contributed by atoms with van der Waals surface area (Å²) in [6, 6.07) is 15.1. The van der Waals surface area contributed by atoms with Crippen molar-refractivity contribution in [1.82, 2.24) is 0 Å². The Hall–Kier alpha value is -3.25. The van der Waals surface area contributed by atoms with Crippen molar-refractivity contribution in [3.63, 3.8) is 0 Å². The number of hydrogen-bond acceptors (Lipinski definition) is 5. The Kier molecular flexibility index (Phi) is 5.78. The smallest absolute Gasteiger partial charge is 0.248 e. The molecular weight excluding hydrogens is 360 g/mol. The third kappa shape index (κ3) is 4.48. The number of carbonyl (C=O) groups is 1. The van der Waals surface area contributed by atoms with Crippen LogP contribution < -0.4 is 20.5 Å². The van der Waals surface area contributed by atoms with Crippen LogP contribution in [0.3, 0.4) is 0 Å². The van der Waals surface area contributed by atoms with E-state index in [0.717, 1.165) is 16.0 Å². The molecule has 1 amide bonds. The summed E-state index contributed by atoms with van der Waals surface area (Å²) >= 11 is 1.63. The highest BCUT2D eigenvalue weighted by Crippen LogP contribution is 2.30. The van der Waals surface area contributed by atoms with Crippen LogP contribution in [0.25, 0.3) is 16.5 Å². The Morgan fingerprint density at radius 1 is 1.07 bits per heavy atom. The van der Waals surface area contributed by atoms with E-state index in [2.05, 4.69) is 5.32 Å². The van der Waals surface area contributed by atoms with Crippen molar-refractivity contribution in [2.75, 3.05) is 25.3 Å². The number of benzene rings is 2. The fraction of sp³-hybridized carbons (Fsp3) is 0.0952. The number of hydrogen-bond donors (Lipinski definition) is 2. The maximum atomic E-state index is 12.3. The summed E-state index contributed by atoms with van der Waals surface area (Å²) in [5.74, 6) is 0.977. The molecule has 0 bridgehead atoms. The quantitative estimate of drug-likeness (QED) is 0.482. The molecule has 0 unspecified atom stereocenters.